The second-order valence-electron chi connectivity index (χ2n) is 5.31. The summed E-state index contributed by atoms with van der Waals surface area (Å²) in [7, 11) is -4.52. The number of aromatic nitrogens is 2. The van der Waals surface area contributed by atoms with Gasteiger partial charge in [0, 0.05) is 5.02 Å². The molecule has 26 heavy (non-hydrogen) atoms. The van der Waals surface area contributed by atoms with Gasteiger partial charge < -0.3 is 5.11 Å². The van der Waals surface area contributed by atoms with Crippen molar-refractivity contribution in [2.75, 3.05) is 0 Å². The van der Waals surface area contributed by atoms with E-state index in [4.69, 9.17) is 16.7 Å². The van der Waals surface area contributed by atoms with Gasteiger partial charge in [-0.3, -0.25) is 14.2 Å². The fraction of sp³-hybridized carbons (Fsp3) is 0.0625. The molecule has 0 fully saturated rings. The van der Waals surface area contributed by atoms with Crippen LogP contribution in [0.2, 0.25) is 5.02 Å². The van der Waals surface area contributed by atoms with E-state index >= 15 is 0 Å². The molecule has 10 heteroatoms. The molecule has 0 atom stereocenters. The molecule has 0 aliphatic rings. The molecule has 8 nitrogen and oxygen atoms in total. The Hall–Kier alpha value is -2.91. The summed E-state index contributed by atoms with van der Waals surface area (Å²) in [6.45, 7) is -0.833. The normalized spacial score (nSPS) is 11.6. The van der Waals surface area contributed by atoms with Gasteiger partial charge in [0.05, 0.1) is 15.8 Å². The summed E-state index contributed by atoms with van der Waals surface area (Å²) in [5.74, 6) is -1.38. The zero-order chi connectivity index (χ0) is 19.1. The first-order valence-electron chi connectivity index (χ1n) is 7.21. The molecule has 0 bridgehead atoms. The summed E-state index contributed by atoms with van der Waals surface area (Å²) in [6, 6.07) is 10.7. The Balaban J connectivity index is 2.48. The van der Waals surface area contributed by atoms with E-state index in [0.29, 0.717) is 4.57 Å². The Morgan fingerprint density at radius 1 is 1.08 bits per heavy atom. The minimum atomic E-state index is -4.52. The number of hydrogen-bond acceptors (Lipinski definition) is 5. The van der Waals surface area contributed by atoms with Crippen LogP contribution in [0.15, 0.2) is 63.0 Å². The maximum absolute atomic E-state index is 12.8. The molecule has 2 aromatic carbocycles. The number of benzene rings is 2. The Morgan fingerprint density at radius 3 is 2.35 bits per heavy atom. The summed E-state index contributed by atoms with van der Waals surface area (Å²) < 4.78 is 26.4. The van der Waals surface area contributed by atoms with Crippen molar-refractivity contribution in [1.29, 1.82) is 0 Å². The van der Waals surface area contributed by atoms with Crippen LogP contribution in [-0.4, -0.2) is 28.0 Å². The van der Waals surface area contributed by atoms with Gasteiger partial charge in [0.1, 0.15) is 6.54 Å². The average Bonchev–Trinajstić information content (AvgIpc) is 2.59. The molecule has 0 amide bonds. The van der Waals surface area contributed by atoms with Gasteiger partial charge in [0.15, 0.2) is 0 Å². The van der Waals surface area contributed by atoms with Gasteiger partial charge in [0.2, 0.25) is 0 Å². The van der Waals surface area contributed by atoms with Crippen LogP contribution in [0.5, 0.6) is 0 Å². The molecule has 1 heterocycles. The second-order valence-corrected chi connectivity index (χ2v) is 7.53. The quantitative estimate of drug-likeness (QED) is 0.709. The molecule has 0 saturated heterocycles. The largest absolute Gasteiger partial charge is 0.480 e. The van der Waals surface area contributed by atoms with E-state index in [-0.39, 0.29) is 24.8 Å². The van der Waals surface area contributed by atoms with Crippen molar-refractivity contribution >= 4 is 38.5 Å². The number of halogens is 1. The Morgan fingerprint density at radius 2 is 1.73 bits per heavy atom. The zero-order valence-electron chi connectivity index (χ0n) is 13.0. The minimum absolute atomic E-state index is 0.0607. The highest BCUT2D eigenvalue weighted by atomic mass is 35.5. The van der Waals surface area contributed by atoms with E-state index in [0.717, 1.165) is 0 Å². The first-order valence-corrected chi connectivity index (χ1v) is 9.03. The summed E-state index contributed by atoms with van der Waals surface area (Å²) in [5, 5.41) is 9.09. The van der Waals surface area contributed by atoms with E-state index in [9.17, 15) is 22.8 Å². The lowest BCUT2D eigenvalue weighted by Gasteiger charge is -2.13. The third kappa shape index (κ3) is 2.91. The molecular weight excluding hydrogens is 384 g/mol. The van der Waals surface area contributed by atoms with Gasteiger partial charge in [-0.2, -0.15) is 0 Å². The first kappa shape index (κ1) is 17.9. The Kier molecular flexibility index (Phi) is 4.43. The van der Waals surface area contributed by atoms with E-state index in [2.05, 4.69) is 0 Å². The molecule has 0 aliphatic carbocycles. The molecule has 0 unspecified atom stereocenters. The van der Waals surface area contributed by atoms with Crippen molar-refractivity contribution in [3.05, 3.63) is 74.4 Å². The number of aliphatic carboxylic acids is 1. The van der Waals surface area contributed by atoms with Crippen LogP contribution in [0.1, 0.15) is 0 Å². The highest BCUT2D eigenvalue weighted by Gasteiger charge is 2.25. The van der Waals surface area contributed by atoms with Crippen molar-refractivity contribution in [3.63, 3.8) is 0 Å². The van der Waals surface area contributed by atoms with Crippen LogP contribution < -0.4 is 11.2 Å². The second kappa shape index (κ2) is 6.43. The van der Waals surface area contributed by atoms with Crippen LogP contribution >= 0.6 is 11.6 Å². The lowest BCUT2D eigenvalue weighted by atomic mass is 10.2. The van der Waals surface area contributed by atoms with Crippen LogP contribution in [0, 0.1) is 0 Å². The molecule has 0 saturated carbocycles. The third-order valence-corrected chi connectivity index (χ3v) is 5.55. The average molecular weight is 395 g/mol. The van der Waals surface area contributed by atoms with Gasteiger partial charge in [0.25, 0.3) is 15.6 Å². The predicted octanol–water partition coefficient (Wildman–Crippen LogP) is 1.14. The molecule has 0 spiro atoms. The van der Waals surface area contributed by atoms with Crippen molar-refractivity contribution in [2.24, 2.45) is 0 Å². The monoisotopic (exact) mass is 394 g/mol. The topological polar surface area (TPSA) is 115 Å². The van der Waals surface area contributed by atoms with Gasteiger partial charge >= 0.3 is 11.7 Å². The van der Waals surface area contributed by atoms with Crippen LogP contribution in [0.3, 0.4) is 0 Å². The number of rotatable bonds is 4. The van der Waals surface area contributed by atoms with Crippen molar-refractivity contribution in [1.82, 2.24) is 8.54 Å². The predicted molar refractivity (Wildman–Crippen MR) is 94.1 cm³/mol. The van der Waals surface area contributed by atoms with Crippen LogP contribution in [0.25, 0.3) is 10.9 Å². The molecule has 1 aromatic heterocycles. The fourth-order valence-corrected chi connectivity index (χ4v) is 4.01. The van der Waals surface area contributed by atoms with Crippen LogP contribution in [0.4, 0.5) is 0 Å². The highest BCUT2D eigenvalue weighted by molar-refractivity contribution is 7.90. The molecular formula is C16H11ClN2O6S. The van der Waals surface area contributed by atoms with Gasteiger partial charge in [-0.25, -0.2) is 13.2 Å². The number of fused-ring (bicyclic) bond motifs is 1. The van der Waals surface area contributed by atoms with E-state index in [1.165, 1.54) is 42.5 Å². The summed E-state index contributed by atoms with van der Waals surface area (Å²) in [5.41, 5.74) is -2.42. The van der Waals surface area contributed by atoms with Gasteiger partial charge in [-0.15, -0.1) is 3.97 Å². The van der Waals surface area contributed by atoms with Crippen molar-refractivity contribution < 1.29 is 18.3 Å². The maximum atomic E-state index is 12.8. The SMILES string of the molecule is O=C(O)Cn1c(=O)n(S(=O)(=O)c2ccccc2)c(=O)c2ccc(Cl)cc21. The summed E-state index contributed by atoms with van der Waals surface area (Å²) in [6.07, 6.45) is 0. The van der Waals surface area contributed by atoms with Crippen molar-refractivity contribution in [3.8, 4) is 0 Å². The molecule has 0 aliphatic heterocycles. The Labute approximate surface area is 151 Å². The molecule has 3 rings (SSSR count). The zero-order valence-corrected chi connectivity index (χ0v) is 14.6. The maximum Gasteiger partial charge on any atom is 0.346 e. The Bertz CT molecular complexity index is 1250. The number of carbonyl (C=O) groups is 1. The lowest BCUT2D eigenvalue weighted by Crippen LogP contribution is -2.44. The number of nitrogens with zero attached hydrogens (tertiary/aromatic N) is 2. The third-order valence-electron chi connectivity index (χ3n) is 3.64. The summed E-state index contributed by atoms with van der Waals surface area (Å²) in [4.78, 5) is 36.3. The first-order chi connectivity index (χ1) is 12.2. The fourth-order valence-electron chi connectivity index (χ4n) is 2.52. The molecule has 0 radical (unpaired) electrons. The highest BCUT2D eigenvalue weighted by Crippen LogP contribution is 2.17. The van der Waals surface area contributed by atoms with E-state index in [1.807, 2.05) is 0 Å². The van der Waals surface area contributed by atoms with E-state index < -0.39 is 33.8 Å². The molecule has 1 N–H and O–H groups in total. The molecule has 134 valence electrons. The number of carboxylic acids is 1. The molecule has 3 aromatic rings. The minimum Gasteiger partial charge on any atom is -0.480 e. The number of hydrogen-bond donors (Lipinski definition) is 1. The van der Waals surface area contributed by atoms with E-state index in [1.54, 1.807) is 6.07 Å². The lowest BCUT2D eigenvalue weighted by molar-refractivity contribution is -0.137. The number of carboxylic acid groups (broad SMARTS) is 1. The van der Waals surface area contributed by atoms with Crippen molar-refractivity contribution in [2.45, 2.75) is 11.4 Å². The van der Waals surface area contributed by atoms with Gasteiger partial charge in [-0.05, 0) is 30.3 Å². The summed E-state index contributed by atoms with van der Waals surface area (Å²) >= 11 is 5.87. The van der Waals surface area contributed by atoms with Gasteiger partial charge in [-0.1, -0.05) is 29.8 Å². The van der Waals surface area contributed by atoms with Crippen LogP contribution in [-0.2, 0) is 21.4 Å². The smallest absolute Gasteiger partial charge is 0.346 e. The standard InChI is InChI=1S/C16H11ClN2O6S/c17-10-6-7-12-13(8-10)18(9-14(20)21)16(23)19(15(12)22)26(24,25)11-4-2-1-3-5-11/h1-8H,9H2,(H,20,21).